The zero-order valence-corrected chi connectivity index (χ0v) is 16.0. The number of nitrogens with zero attached hydrogens (tertiary/aromatic N) is 2. The second-order valence-corrected chi connectivity index (χ2v) is 7.69. The fourth-order valence-corrected chi connectivity index (χ4v) is 4.31. The highest BCUT2D eigenvalue weighted by molar-refractivity contribution is 5.99. The molecule has 6 nitrogen and oxygen atoms in total. The lowest BCUT2D eigenvalue weighted by atomic mass is 10.1. The third-order valence-electron chi connectivity index (χ3n) is 5.79. The number of aromatic nitrogens is 1. The topological polar surface area (TPSA) is 67.6 Å². The molecule has 148 valence electrons. The largest absolute Gasteiger partial charge is 0.371 e. The van der Waals surface area contributed by atoms with E-state index in [-0.39, 0.29) is 18.1 Å². The van der Waals surface area contributed by atoms with Crippen molar-refractivity contribution in [1.82, 2.24) is 15.4 Å². The first-order chi connectivity index (χ1) is 14.3. The van der Waals surface area contributed by atoms with Gasteiger partial charge in [0.15, 0.2) is 0 Å². The number of amides is 1. The molecule has 1 aromatic heterocycles. The Morgan fingerprint density at radius 2 is 1.79 bits per heavy atom. The van der Waals surface area contributed by atoms with Crippen molar-refractivity contribution in [2.24, 2.45) is 0 Å². The third-order valence-corrected chi connectivity index (χ3v) is 5.79. The maximum absolute atomic E-state index is 12.9. The minimum Gasteiger partial charge on any atom is -0.371 e. The Bertz CT molecular complexity index is 973. The molecule has 3 aromatic rings. The molecule has 2 saturated heterocycles. The van der Waals surface area contributed by atoms with Crippen molar-refractivity contribution in [3.8, 4) is 11.3 Å². The maximum Gasteiger partial charge on any atom is 0.257 e. The lowest BCUT2D eigenvalue weighted by Crippen LogP contribution is -2.43. The molecule has 3 atom stereocenters. The van der Waals surface area contributed by atoms with Crippen LogP contribution in [0.3, 0.4) is 0 Å². The van der Waals surface area contributed by atoms with E-state index < -0.39 is 0 Å². The van der Waals surface area contributed by atoms with Crippen molar-refractivity contribution in [3.05, 3.63) is 78.1 Å². The number of fused-ring (bicyclic) bond motifs is 1. The van der Waals surface area contributed by atoms with Gasteiger partial charge in [0.1, 0.15) is 17.5 Å². The van der Waals surface area contributed by atoms with Crippen LogP contribution in [0, 0.1) is 0 Å². The second-order valence-electron chi connectivity index (χ2n) is 7.69. The van der Waals surface area contributed by atoms with Gasteiger partial charge in [-0.1, -0.05) is 65.8 Å². The van der Waals surface area contributed by atoms with Crippen LogP contribution in [0.4, 0.5) is 0 Å². The van der Waals surface area contributed by atoms with Gasteiger partial charge in [-0.25, -0.2) is 0 Å². The van der Waals surface area contributed by atoms with Gasteiger partial charge in [-0.3, -0.25) is 9.69 Å². The molecule has 29 heavy (non-hydrogen) atoms. The first-order valence-corrected chi connectivity index (χ1v) is 9.99. The lowest BCUT2D eigenvalue weighted by molar-refractivity contribution is -0.0502. The fraction of sp³-hybridized carbons (Fsp3) is 0.304. The molecule has 2 aliphatic heterocycles. The highest BCUT2D eigenvalue weighted by Gasteiger charge is 2.38. The monoisotopic (exact) mass is 389 g/mol. The number of rotatable bonds is 4. The number of carbonyl (C=O) groups excluding carboxylic acids is 1. The van der Waals surface area contributed by atoms with E-state index in [4.69, 9.17) is 9.26 Å². The van der Waals surface area contributed by atoms with Crippen molar-refractivity contribution in [2.75, 3.05) is 19.7 Å². The average Bonchev–Trinajstić information content (AvgIpc) is 3.41. The Kier molecular flexibility index (Phi) is 4.87. The van der Waals surface area contributed by atoms with Crippen LogP contribution in [0.15, 0.2) is 71.4 Å². The molecule has 0 bridgehead atoms. The molecule has 3 heterocycles. The summed E-state index contributed by atoms with van der Waals surface area (Å²) in [6.07, 6.45) is 2.40. The summed E-state index contributed by atoms with van der Waals surface area (Å²) in [5.41, 5.74) is 3.12. The van der Waals surface area contributed by atoms with Crippen LogP contribution < -0.4 is 5.32 Å². The van der Waals surface area contributed by atoms with Crippen LogP contribution in [0.5, 0.6) is 0 Å². The summed E-state index contributed by atoms with van der Waals surface area (Å²) in [7, 11) is 0. The van der Waals surface area contributed by atoms with E-state index in [1.165, 1.54) is 11.8 Å². The third kappa shape index (κ3) is 3.69. The molecule has 0 radical (unpaired) electrons. The SMILES string of the molecule is O=C(N[C@H]1C[C@H]2CO[C@@H](c3ccccc3)CN2C1)c1conc1-c1ccccc1. The molecular weight excluding hydrogens is 366 g/mol. The standard InChI is InChI=1S/C23H23N3O3/c27-23(20-15-29-25-22(20)17-9-5-2-6-10-17)24-18-11-19-14-28-21(13-26(19)12-18)16-7-3-1-4-8-16/h1-10,15,18-19,21H,11-14H2,(H,24,27)/t18-,19-,21+/m0/s1. The number of hydrogen-bond donors (Lipinski definition) is 1. The number of nitrogens with one attached hydrogen (secondary N) is 1. The molecule has 0 unspecified atom stereocenters. The first kappa shape index (κ1) is 18.1. The normalized spacial score (nSPS) is 24.2. The zero-order valence-electron chi connectivity index (χ0n) is 16.0. The molecule has 2 aliphatic rings. The molecular formula is C23H23N3O3. The van der Waals surface area contributed by atoms with E-state index in [2.05, 4.69) is 27.5 Å². The van der Waals surface area contributed by atoms with Gasteiger partial charge in [-0.05, 0) is 12.0 Å². The average molecular weight is 389 g/mol. The number of hydrogen-bond acceptors (Lipinski definition) is 5. The predicted molar refractivity (Wildman–Crippen MR) is 108 cm³/mol. The Morgan fingerprint density at radius 3 is 2.59 bits per heavy atom. The van der Waals surface area contributed by atoms with Crippen LogP contribution in [-0.2, 0) is 4.74 Å². The van der Waals surface area contributed by atoms with Gasteiger partial charge in [0.2, 0.25) is 0 Å². The van der Waals surface area contributed by atoms with Crippen molar-refractivity contribution < 1.29 is 14.1 Å². The van der Waals surface area contributed by atoms with Crippen molar-refractivity contribution in [1.29, 1.82) is 0 Å². The van der Waals surface area contributed by atoms with E-state index in [1.54, 1.807) is 0 Å². The van der Waals surface area contributed by atoms with E-state index in [0.29, 0.717) is 23.9 Å². The Balaban J connectivity index is 1.24. The summed E-state index contributed by atoms with van der Waals surface area (Å²) in [6, 6.07) is 20.4. The van der Waals surface area contributed by atoms with E-state index in [0.717, 1.165) is 25.1 Å². The van der Waals surface area contributed by atoms with Gasteiger partial charge in [0, 0.05) is 30.7 Å². The zero-order chi connectivity index (χ0) is 19.6. The molecule has 2 fully saturated rings. The van der Waals surface area contributed by atoms with Crippen molar-refractivity contribution in [3.63, 3.8) is 0 Å². The van der Waals surface area contributed by atoms with Gasteiger partial charge >= 0.3 is 0 Å². The summed E-state index contributed by atoms with van der Waals surface area (Å²) in [5.74, 6) is -0.143. The molecule has 1 N–H and O–H groups in total. The van der Waals surface area contributed by atoms with E-state index in [9.17, 15) is 4.79 Å². The summed E-state index contributed by atoms with van der Waals surface area (Å²) >= 11 is 0. The quantitative estimate of drug-likeness (QED) is 0.742. The fourth-order valence-electron chi connectivity index (χ4n) is 4.31. The summed E-state index contributed by atoms with van der Waals surface area (Å²) in [4.78, 5) is 15.3. The molecule has 6 heteroatoms. The van der Waals surface area contributed by atoms with Crippen LogP contribution in [0.25, 0.3) is 11.3 Å². The summed E-state index contributed by atoms with van der Waals surface area (Å²) in [5, 5.41) is 7.20. The second kappa shape index (κ2) is 7.81. The highest BCUT2D eigenvalue weighted by Crippen LogP contribution is 2.30. The van der Waals surface area contributed by atoms with Crippen LogP contribution in [0.1, 0.15) is 28.4 Å². The molecule has 0 aliphatic carbocycles. The lowest BCUT2D eigenvalue weighted by Gasteiger charge is -2.35. The Morgan fingerprint density at radius 1 is 1.03 bits per heavy atom. The predicted octanol–water partition coefficient (Wildman–Crippen LogP) is 3.29. The van der Waals surface area contributed by atoms with Gasteiger partial charge in [0.05, 0.1) is 12.7 Å². The van der Waals surface area contributed by atoms with Crippen LogP contribution in [-0.4, -0.2) is 47.7 Å². The van der Waals surface area contributed by atoms with E-state index >= 15 is 0 Å². The van der Waals surface area contributed by atoms with Gasteiger partial charge in [-0.15, -0.1) is 0 Å². The number of benzene rings is 2. The molecule has 1 amide bonds. The van der Waals surface area contributed by atoms with Crippen molar-refractivity contribution >= 4 is 5.91 Å². The Labute approximate surface area is 169 Å². The number of carbonyl (C=O) groups is 1. The van der Waals surface area contributed by atoms with Crippen molar-refractivity contribution in [2.45, 2.75) is 24.6 Å². The van der Waals surface area contributed by atoms with Crippen LogP contribution in [0.2, 0.25) is 0 Å². The number of ether oxygens (including phenoxy) is 1. The highest BCUT2D eigenvalue weighted by atomic mass is 16.5. The van der Waals surface area contributed by atoms with Crippen LogP contribution >= 0.6 is 0 Å². The molecule has 5 rings (SSSR count). The molecule has 0 spiro atoms. The van der Waals surface area contributed by atoms with Gasteiger partial charge < -0.3 is 14.6 Å². The molecule has 0 saturated carbocycles. The van der Waals surface area contributed by atoms with E-state index in [1.807, 2.05) is 48.5 Å². The van der Waals surface area contributed by atoms with Gasteiger partial charge in [-0.2, -0.15) is 0 Å². The van der Waals surface area contributed by atoms with Gasteiger partial charge in [0.25, 0.3) is 5.91 Å². The first-order valence-electron chi connectivity index (χ1n) is 9.99. The summed E-state index contributed by atoms with van der Waals surface area (Å²) < 4.78 is 11.2. The smallest absolute Gasteiger partial charge is 0.257 e. The minimum atomic E-state index is -0.143. The maximum atomic E-state index is 12.9. The summed E-state index contributed by atoms with van der Waals surface area (Å²) in [6.45, 7) is 2.37. The Hall–Kier alpha value is -2.96. The minimum absolute atomic E-state index is 0.0872. The number of morpholine rings is 1. The molecule has 2 aromatic carbocycles.